The van der Waals surface area contributed by atoms with Gasteiger partial charge in [0, 0.05) is 5.54 Å². The molecule has 0 aliphatic heterocycles. The molecule has 2 atom stereocenters. The zero-order valence-corrected chi connectivity index (χ0v) is 22.6. The molecular weight excluding hydrogens is 478 g/mol. The minimum absolute atomic E-state index is 0.0615. The fraction of sp³-hybridized carbons (Fsp3) is 0.333. The number of hydrogen-bond acceptors (Lipinski definition) is 5. The van der Waals surface area contributed by atoms with Crippen LogP contribution in [0.5, 0.6) is 5.75 Å². The summed E-state index contributed by atoms with van der Waals surface area (Å²) in [5, 5.41) is 11.5. The van der Waals surface area contributed by atoms with E-state index in [1.807, 2.05) is 113 Å². The lowest BCUT2D eigenvalue weighted by atomic mass is 9.97. The van der Waals surface area contributed by atoms with Crippen molar-refractivity contribution in [2.45, 2.75) is 58.8 Å². The van der Waals surface area contributed by atoms with Crippen molar-refractivity contribution in [2.24, 2.45) is 0 Å². The quantitative estimate of drug-likeness (QED) is 0.337. The van der Waals surface area contributed by atoms with Gasteiger partial charge in [0.05, 0.1) is 18.2 Å². The van der Waals surface area contributed by atoms with E-state index in [9.17, 15) is 9.59 Å². The van der Waals surface area contributed by atoms with Crippen molar-refractivity contribution in [1.29, 1.82) is 0 Å². The summed E-state index contributed by atoms with van der Waals surface area (Å²) in [7, 11) is 0. The molecule has 1 aromatic heterocycles. The van der Waals surface area contributed by atoms with Crippen LogP contribution in [0.25, 0.3) is 11.0 Å². The highest BCUT2D eigenvalue weighted by Gasteiger charge is 2.37. The molecule has 38 heavy (non-hydrogen) atoms. The average Bonchev–Trinajstić information content (AvgIpc) is 3.29. The highest BCUT2D eigenvalue weighted by atomic mass is 16.5. The molecular formula is C30H35N5O3. The van der Waals surface area contributed by atoms with E-state index >= 15 is 0 Å². The van der Waals surface area contributed by atoms with Crippen LogP contribution in [0, 0.1) is 0 Å². The molecule has 198 valence electrons. The molecule has 0 fully saturated rings. The molecule has 0 aliphatic carbocycles. The van der Waals surface area contributed by atoms with Crippen LogP contribution < -0.4 is 10.1 Å². The van der Waals surface area contributed by atoms with Crippen LogP contribution in [0.4, 0.5) is 0 Å². The van der Waals surface area contributed by atoms with Crippen LogP contribution in [0.2, 0.25) is 0 Å². The molecule has 1 N–H and O–H groups in total. The van der Waals surface area contributed by atoms with Crippen LogP contribution in [0.15, 0.2) is 78.9 Å². The Hall–Kier alpha value is -4.20. The lowest BCUT2D eigenvalue weighted by Gasteiger charge is -2.38. The first-order valence-electron chi connectivity index (χ1n) is 12.9. The number of carbonyl (C=O) groups excluding carboxylic acids is 2. The Balaban J connectivity index is 1.80. The molecule has 0 saturated carbocycles. The van der Waals surface area contributed by atoms with Crippen molar-refractivity contribution in [3.8, 4) is 5.75 Å². The van der Waals surface area contributed by atoms with Gasteiger partial charge in [0.1, 0.15) is 23.9 Å². The van der Waals surface area contributed by atoms with Crippen molar-refractivity contribution in [3.63, 3.8) is 0 Å². The molecule has 4 rings (SSSR count). The van der Waals surface area contributed by atoms with Gasteiger partial charge in [-0.3, -0.25) is 9.59 Å². The maximum absolute atomic E-state index is 14.2. The van der Waals surface area contributed by atoms with Gasteiger partial charge in [0.25, 0.3) is 0 Å². The van der Waals surface area contributed by atoms with Crippen molar-refractivity contribution in [3.05, 3.63) is 90.0 Å². The van der Waals surface area contributed by atoms with E-state index in [1.54, 1.807) is 9.58 Å². The highest BCUT2D eigenvalue weighted by molar-refractivity contribution is 5.90. The van der Waals surface area contributed by atoms with Gasteiger partial charge in [-0.15, -0.1) is 5.10 Å². The Labute approximate surface area is 223 Å². The minimum Gasteiger partial charge on any atom is -0.494 e. The molecule has 2 amide bonds. The zero-order chi connectivity index (χ0) is 27.3. The Morgan fingerprint density at radius 1 is 0.947 bits per heavy atom. The minimum atomic E-state index is -0.887. The zero-order valence-electron chi connectivity index (χ0n) is 22.6. The van der Waals surface area contributed by atoms with Gasteiger partial charge in [-0.05, 0) is 70.0 Å². The maximum atomic E-state index is 14.2. The number of nitrogens with one attached hydrogen (secondary N) is 1. The molecule has 8 nitrogen and oxygen atoms in total. The monoisotopic (exact) mass is 513 g/mol. The molecule has 3 aromatic carbocycles. The Kier molecular flexibility index (Phi) is 8.10. The van der Waals surface area contributed by atoms with Gasteiger partial charge >= 0.3 is 0 Å². The summed E-state index contributed by atoms with van der Waals surface area (Å²) in [6.45, 7) is 10.1. The predicted octanol–water partition coefficient (Wildman–Crippen LogP) is 5.08. The second-order valence-electron chi connectivity index (χ2n) is 10.3. The molecule has 0 saturated heterocycles. The second-order valence-corrected chi connectivity index (χ2v) is 10.3. The number of hydrogen-bond donors (Lipinski definition) is 1. The lowest BCUT2D eigenvalue weighted by Crippen LogP contribution is -2.50. The summed E-state index contributed by atoms with van der Waals surface area (Å²) in [5.41, 5.74) is 2.58. The van der Waals surface area contributed by atoms with Gasteiger partial charge in [0.2, 0.25) is 11.8 Å². The average molecular weight is 514 g/mol. The number of benzene rings is 3. The Bertz CT molecular complexity index is 1380. The summed E-state index contributed by atoms with van der Waals surface area (Å²) < 4.78 is 7.20. The fourth-order valence-corrected chi connectivity index (χ4v) is 4.51. The molecule has 0 bridgehead atoms. The topological polar surface area (TPSA) is 89.4 Å². The van der Waals surface area contributed by atoms with E-state index in [2.05, 4.69) is 15.6 Å². The van der Waals surface area contributed by atoms with Gasteiger partial charge in [0.15, 0.2) is 0 Å². The first-order valence-corrected chi connectivity index (χ1v) is 12.9. The standard InChI is InChI=1S/C30H35N5O3/c1-6-38-24-18-16-23(17-19-24)28(29(37)31-30(3,4)5)35(21(2)22-12-8-7-9-13-22)27(36)20-34-26-15-11-10-14-25(26)32-33-34/h7-19,21,28H,6,20H2,1-5H3,(H,31,37)/t21-,28+/m1/s1. The maximum Gasteiger partial charge on any atom is 0.247 e. The van der Waals surface area contributed by atoms with Crippen molar-refractivity contribution >= 4 is 22.8 Å². The van der Waals surface area contributed by atoms with Crippen molar-refractivity contribution in [1.82, 2.24) is 25.2 Å². The number of ether oxygens (including phenoxy) is 1. The van der Waals surface area contributed by atoms with E-state index in [1.165, 1.54) is 0 Å². The van der Waals surface area contributed by atoms with Gasteiger partial charge in [-0.2, -0.15) is 0 Å². The summed E-state index contributed by atoms with van der Waals surface area (Å²) in [6, 6.07) is 23.3. The van der Waals surface area contributed by atoms with Gasteiger partial charge in [-0.1, -0.05) is 59.8 Å². The Morgan fingerprint density at radius 2 is 1.61 bits per heavy atom. The number of nitrogens with zero attached hydrogens (tertiary/aromatic N) is 4. The van der Waals surface area contributed by atoms with E-state index in [-0.39, 0.29) is 18.4 Å². The molecule has 0 radical (unpaired) electrons. The van der Waals surface area contributed by atoms with Crippen molar-refractivity contribution in [2.75, 3.05) is 6.61 Å². The molecule has 0 unspecified atom stereocenters. The van der Waals surface area contributed by atoms with Gasteiger partial charge in [-0.25, -0.2) is 4.68 Å². The molecule has 1 heterocycles. The van der Waals surface area contributed by atoms with Crippen LogP contribution >= 0.6 is 0 Å². The normalized spacial score (nSPS) is 13.1. The first-order chi connectivity index (χ1) is 18.2. The van der Waals surface area contributed by atoms with Crippen LogP contribution in [0.1, 0.15) is 57.8 Å². The molecule has 4 aromatic rings. The molecule has 0 spiro atoms. The molecule has 0 aliphatic rings. The summed E-state index contributed by atoms with van der Waals surface area (Å²) in [6.07, 6.45) is 0. The van der Waals surface area contributed by atoms with Crippen molar-refractivity contribution < 1.29 is 14.3 Å². The number of para-hydroxylation sites is 1. The predicted molar refractivity (Wildman–Crippen MR) is 147 cm³/mol. The fourth-order valence-electron chi connectivity index (χ4n) is 4.51. The molecule has 8 heteroatoms. The third kappa shape index (κ3) is 6.19. The van der Waals surface area contributed by atoms with E-state index in [0.717, 1.165) is 11.1 Å². The van der Waals surface area contributed by atoms with Crippen LogP contribution in [0.3, 0.4) is 0 Å². The summed E-state index contributed by atoms with van der Waals surface area (Å²) >= 11 is 0. The van der Waals surface area contributed by atoms with E-state index in [0.29, 0.717) is 23.4 Å². The van der Waals surface area contributed by atoms with Crippen LogP contribution in [-0.2, 0) is 16.1 Å². The first kappa shape index (κ1) is 26.9. The third-order valence-corrected chi connectivity index (χ3v) is 6.22. The number of aromatic nitrogens is 3. The summed E-state index contributed by atoms with van der Waals surface area (Å²) in [4.78, 5) is 29.7. The number of carbonyl (C=O) groups is 2. The lowest BCUT2D eigenvalue weighted by molar-refractivity contribution is -0.144. The van der Waals surface area contributed by atoms with Crippen LogP contribution in [-0.4, -0.2) is 43.9 Å². The van der Waals surface area contributed by atoms with E-state index < -0.39 is 17.6 Å². The number of fused-ring (bicyclic) bond motifs is 1. The summed E-state index contributed by atoms with van der Waals surface area (Å²) in [5.74, 6) is 0.190. The second kappa shape index (κ2) is 11.5. The highest BCUT2D eigenvalue weighted by Crippen LogP contribution is 2.33. The third-order valence-electron chi connectivity index (χ3n) is 6.22. The van der Waals surface area contributed by atoms with Gasteiger partial charge < -0.3 is 15.0 Å². The number of amides is 2. The smallest absolute Gasteiger partial charge is 0.247 e. The largest absolute Gasteiger partial charge is 0.494 e. The SMILES string of the molecule is CCOc1ccc([C@@H](C(=O)NC(C)(C)C)N(C(=O)Cn2nnc3ccccc32)[C@H](C)c2ccccc2)cc1. The van der Waals surface area contributed by atoms with E-state index in [4.69, 9.17) is 4.74 Å². The Morgan fingerprint density at radius 3 is 2.26 bits per heavy atom. The number of rotatable bonds is 9.